The number of nitrogens with zero attached hydrogens (tertiary/aromatic N) is 3. The first-order valence-electron chi connectivity index (χ1n) is 5.91. The number of nitrogens with two attached hydrogens (primary N) is 1. The van der Waals surface area contributed by atoms with Crippen molar-refractivity contribution in [2.75, 3.05) is 45.8 Å². The Balaban J connectivity index is 2.34. The van der Waals surface area contributed by atoms with Gasteiger partial charge >= 0.3 is 0 Å². The molecule has 0 bridgehead atoms. The highest BCUT2D eigenvalue weighted by molar-refractivity contribution is 5.92. The van der Waals surface area contributed by atoms with Gasteiger partial charge in [-0.2, -0.15) is 0 Å². The van der Waals surface area contributed by atoms with Gasteiger partial charge in [-0.1, -0.05) is 0 Å². The van der Waals surface area contributed by atoms with Crippen molar-refractivity contribution in [2.45, 2.75) is 0 Å². The molecule has 1 aromatic heterocycles. The van der Waals surface area contributed by atoms with Gasteiger partial charge in [0.2, 0.25) is 0 Å². The predicted molar refractivity (Wildman–Crippen MR) is 71.5 cm³/mol. The molecule has 0 atom stereocenters. The van der Waals surface area contributed by atoms with Crippen LogP contribution in [0.15, 0.2) is 12.4 Å². The Morgan fingerprint density at radius 1 is 1.47 bits per heavy atom. The summed E-state index contributed by atoms with van der Waals surface area (Å²) in [5.74, 6) is 5.28. The van der Waals surface area contributed by atoms with Crippen molar-refractivity contribution < 1.29 is 9.53 Å². The second-order valence-electron chi connectivity index (χ2n) is 3.99. The van der Waals surface area contributed by atoms with E-state index in [1.165, 1.54) is 12.4 Å². The van der Waals surface area contributed by atoms with Crippen LogP contribution >= 0.6 is 0 Å². The van der Waals surface area contributed by atoms with Crippen molar-refractivity contribution in [3.05, 3.63) is 18.1 Å². The van der Waals surface area contributed by atoms with Crippen molar-refractivity contribution in [3.8, 4) is 0 Å². The lowest BCUT2D eigenvalue weighted by Crippen LogP contribution is -2.34. The lowest BCUT2D eigenvalue weighted by Gasteiger charge is -2.16. The van der Waals surface area contributed by atoms with Gasteiger partial charge in [-0.3, -0.25) is 9.78 Å². The van der Waals surface area contributed by atoms with Crippen molar-refractivity contribution in [3.63, 3.8) is 0 Å². The zero-order valence-corrected chi connectivity index (χ0v) is 11.2. The Bertz CT molecular complexity index is 401. The standard InChI is InChI=1S/C11H20N6O2/c1-17(5-6-19-2)4-3-14-11(18)9-7-13-8-10(15-9)16-12/h7-8H,3-6,12H2,1-2H3,(H,14,18)(H,15,16). The smallest absolute Gasteiger partial charge is 0.271 e. The summed E-state index contributed by atoms with van der Waals surface area (Å²) in [5, 5.41) is 2.77. The molecular weight excluding hydrogens is 248 g/mol. The van der Waals surface area contributed by atoms with E-state index >= 15 is 0 Å². The Morgan fingerprint density at radius 3 is 2.95 bits per heavy atom. The van der Waals surface area contributed by atoms with E-state index in [-0.39, 0.29) is 11.6 Å². The van der Waals surface area contributed by atoms with Crippen LogP contribution < -0.4 is 16.6 Å². The van der Waals surface area contributed by atoms with Gasteiger partial charge in [0, 0.05) is 26.7 Å². The highest BCUT2D eigenvalue weighted by Crippen LogP contribution is 1.99. The Kier molecular flexibility index (Phi) is 6.72. The fourth-order valence-corrected chi connectivity index (χ4v) is 1.35. The van der Waals surface area contributed by atoms with Gasteiger partial charge in [0.25, 0.3) is 5.91 Å². The largest absolute Gasteiger partial charge is 0.383 e. The van der Waals surface area contributed by atoms with Crippen LogP contribution in [0.3, 0.4) is 0 Å². The number of hydrazine groups is 1. The first-order chi connectivity index (χ1) is 9.17. The molecule has 0 unspecified atom stereocenters. The lowest BCUT2D eigenvalue weighted by molar-refractivity contribution is 0.0942. The molecule has 0 saturated heterocycles. The van der Waals surface area contributed by atoms with Crippen molar-refractivity contribution in [1.82, 2.24) is 20.2 Å². The minimum absolute atomic E-state index is 0.231. The number of rotatable bonds is 8. The topological polar surface area (TPSA) is 105 Å². The summed E-state index contributed by atoms with van der Waals surface area (Å²) in [6.07, 6.45) is 2.83. The summed E-state index contributed by atoms with van der Waals surface area (Å²) in [5.41, 5.74) is 2.58. The Labute approximate surface area is 112 Å². The van der Waals surface area contributed by atoms with Crippen molar-refractivity contribution in [2.24, 2.45) is 5.84 Å². The van der Waals surface area contributed by atoms with Gasteiger partial charge in [0.05, 0.1) is 19.0 Å². The number of carbonyl (C=O) groups excluding carboxylic acids is 1. The molecule has 0 aliphatic heterocycles. The van der Waals surface area contributed by atoms with Gasteiger partial charge in [0.1, 0.15) is 5.69 Å². The van der Waals surface area contributed by atoms with Crippen LogP contribution in [0.2, 0.25) is 0 Å². The highest BCUT2D eigenvalue weighted by Gasteiger charge is 2.08. The molecule has 0 aromatic carbocycles. The molecular formula is C11H20N6O2. The molecule has 0 aliphatic carbocycles. The number of carbonyl (C=O) groups is 1. The normalized spacial score (nSPS) is 10.5. The number of anilines is 1. The monoisotopic (exact) mass is 268 g/mol. The number of hydrogen-bond acceptors (Lipinski definition) is 7. The molecule has 106 valence electrons. The maximum atomic E-state index is 11.8. The summed E-state index contributed by atoms with van der Waals surface area (Å²) in [6.45, 7) is 2.75. The molecule has 8 heteroatoms. The number of nitrogens with one attached hydrogen (secondary N) is 2. The van der Waals surface area contributed by atoms with E-state index in [0.717, 1.165) is 13.1 Å². The predicted octanol–water partition coefficient (Wildman–Crippen LogP) is -0.930. The number of ether oxygens (including phenoxy) is 1. The summed E-state index contributed by atoms with van der Waals surface area (Å²) >= 11 is 0. The average molecular weight is 268 g/mol. The molecule has 1 heterocycles. The third kappa shape index (κ3) is 5.60. The van der Waals surface area contributed by atoms with Crippen LogP contribution in [0.1, 0.15) is 10.5 Å². The van der Waals surface area contributed by atoms with Crippen LogP contribution in [0.4, 0.5) is 5.82 Å². The maximum Gasteiger partial charge on any atom is 0.271 e. The fourth-order valence-electron chi connectivity index (χ4n) is 1.35. The molecule has 0 saturated carbocycles. The van der Waals surface area contributed by atoms with E-state index in [1.54, 1.807) is 7.11 Å². The van der Waals surface area contributed by atoms with Crippen molar-refractivity contribution >= 4 is 11.7 Å². The molecule has 0 spiro atoms. The third-order valence-corrected chi connectivity index (χ3v) is 2.47. The fraction of sp³-hybridized carbons (Fsp3) is 0.545. The molecule has 0 fully saturated rings. The van der Waals surface area contributed by atoms with Crippen LogP contribution in [-0.2, 0) is 4.74 Å². The number of hydrogen-bond donors (Lipinski definition) is 3. The van der Waals surface area contributed by atoms with Crippen LogP contribution in [0, 0.1) is 0 Å². The zero-order chi connectivity index (χ0) is 14.1. The van der Waals surface area contributed by atoms with Crippen LogP contribution in [-0.4, -0.2) is 61.2 Å². The summed E-state index contributed by atoms with van der Waals surface area (Å²) in [4.78, 5) is 21.7. The number of methoxy groups -OCH3 is 1. The van der Waals surface area contributed by atoms with Crippen LogP contribution in [0.25, 0.3) is 0 Å². The lowest BCUT2D eigenvalue weighted by atomic mass is 10.4. The zero-order valence-electron chi connectivity index (χ0n) is 11.2. The average Bonchev–Trinajstić information content (AvgIpc) is 2.45. The molecule has 1 amide bonds. The van der Waals surface area contributed by atoms with E-state index in [4.69, 9.17) is 10.6 Å². The molecule has 1 aromatic rings. The summed E-state index contributed by atoms with van der Waals surface area (Å²) < 4.78 is 4.97. The first kappa shape index (κ1) is 15.3. The summed E-state index contributed by atoms with van der Waals surface area (Å²) in [7, 11) is 3.62. The van der Waals surface area contributed by atoms with E-state index in [1.807, 2.05) is 7.05 Å². The minimum Gasteiger partial charge on any atom is -0.383 e. The minimum atomic E-state index is -0.273. The number of amides is 1. The van der Waals surface area contributed by atoms with Gasteiger partial charge in [-0.15, -0.1) is 0 Å². The molecule has 19 heavy (non-hydrogen) atoms. The van der Waals surface area contributed by atoms with Gasteiger partial charge in [-0.25, -0.2) is 10.8 Å². The SMILES string of the molecule is COCCN(C)CCNC(=O)c1cncc(NN)n1. The van der Waals surface area contributed by atoms with Gasteiger partial charge < -0.3 is 20.4 Å². The third-order valence-electron chi connectivity index (χ3n) is 2.47. The molecule has 4 N–H and O–H groups in total. The molecule has 1 rings (SSSR count). The van der Waals surface area contributed by atoms with Crippen molar-refractivity contribution in [1.29, 1.82) is 0 Å². The summed E-state index contributed by atoms with van der Waals surface area (Å²) in [6, 6.07) is 0. The second-order valence-corrected chi connectivity index (χ2v) is 3.99. The number of aromatic nitrogens is 2. The maximum absolute atomic E-state index is 11.8. The van der Waals surface area contributed by atoms with Gasteiger partial charge in [0.15, 0.2) is 5.82 Å². The Morgan fingerprint density at radius 2 is 2.26 bits per heavy atom. The Hall–Kier alpha value is -1.77. The van der Waals surface area contributed by atoms with Crippen LogP contribution in [0.5, 0.6) is 0 Å². The quantitative estimate of drug-likeness (QED) is 0.413. The number of nitrogen functional groups attached to an aromatic ring is 1. The molecule has 0 aliphatic rings. The first-order valence-corrected chi connectivity index (χ1v) is 5.91. The molecule has 8 nitrogen and oxygen atoms in total. The van der Waals surface area contributed by atoms with E-state index in [2.05, 4.69) is 25.6 Å². The highest BCUT2D eigenvalue weighted by atomic mass is 16.5. The van der Waals surface area contributed by atoms with Gasteiger partial charge in [-0.05, 0) is 7.05 Å². The van der Waals surface area contributed by atoms with E-state index in [0.29, 0.717) is 19.0 Å². The van der Waals surface area contributed by atoms with E-state index in [9.17, 15) is 4.79 Å². The second kappa shape index (κ2) is 8.35. The molecule has 0 radical (unpaired) electrons. The number of likely N-dealkylation sites (N-methyl/N-ethyl adjacent to an activating group) is 1. The van der Waals surface area contributed by atoms with E-state index < -0.39 is 0 Å².